The molecule has 0 fully saturated rings. The second-order valence-corrected chi connectivity index (χ2v) is 11.5. The maximum Gasteiger partial charge on any atom is 0.306 e. The number of hydrogen-bond acceptors (Lipinski definition) is 4. The number of aliphatic hydroxyl groups is 1. The van der Waals surface area contributed by atoms with Gasteiger partial charge >= 0.3 is 5.97 Å². The van der Waals surface area contributed by atoms with E-state index in [1.165, 1.54) is 32.0 Å². The molecular weight excluding hydrogens is 428 g/mol. The molecule has 1 unspecified atom stereocenters. The van der Waals surface area contributed by atoms with E-state index in [0.29, 0.717) is 19.4 Å². The third kappa shape index (κ3) is 6.70. The smallest absolute Gasteiger partial charge is 0.306 e. The number of ether oxygens (including phenoxy) is 1. The lowest BCUT2D eigenvalue weighted by Crippen LogP contribution is -2.26. The van der Waals surface area contributed by atoms with Crippen molar-refractivity contribution >= 4 is 17.3 Å². The van der Waals surface area contributed by atoms with Crippen LogP contribution < -0.4 is 0 Å². The van der Waals surface area contributed by atoms with Gasteiger partial charge in [-0.25, -0.2) is 0 Å². The number of thiophene rings is 1. The first-order valence-corrected chi connectivity index (χ1v) is 13.3. The monoisotopic (exact) mass is 472 g/mol. The zero-order valence-corrected chi connectivity index (χ0v) is 22.8. The number of carbonyl (C=O) groups excluding carboxylic acids is 1. The average molecular weight is 473 g/mol. The standard InChI is InChI=1S/C29H44O3S/c1-9-29(10-2,23-14-12-22(20(4)18-23)13-17-27(31)32-11-3)26-19-21(5)24(33-26)15-16-25(30)28(6,7)8/h12,14,18-19,25,30H,9-11,13,15-17H2,1-8H3. The van der Waals surface area contributed by atoms with Crippen LogP contribution in [0.3, 0.4) is 0 Å². The first kappa shape index (κ1) is 27.6. The van der Waals surface area contributed by atoms with Crippen LogP contribution in [0.4, 0.5) is 0 Å². The van der Waals surface area contributed by atoms with Gasteiger partial charge in [0.05, 0.1) is 12.7 Å². The predicted molar refractivity (Wildman–Crippen MR) is 140 cm³/mol. The maximum atomic E-state index is 11.8. The molecule has 1 atom stereocenters. The second kappa shape index (κ2) is 11.7. The second-order valence-electron chi connectivity index (χ2n) is 10.4. The van der Waals surface area contributed by atoms with Crippen LogP contribution >= 0.6 is 11.3 Å². The summed E-state index contributed by atoms with van der Waals surface area (Å²) in [6, 6.07) is 9.16. The van der Waals surface area contributed by atoms with Gasteiger partial charge < -0.3 is 9.84 Å². The molecule has 0 aliphatic rings. The van der Waals surface area contributed by atoms with E-state index >= 15 is 0 Å². The Hall–Kier alpha value is -1.65. The minimum absolute atomic E-state index is 0.0131. The number of benzene rings is 1. The largest absolute Gasteiger partial charge is 0.466 e. The number of aryl methyl sites for hydroxylation is 4. The summed E-state index contributed by atoms with van der Waals surface area (Å²) in [6.45, 7) is 17.5. The highest BCUT2D eigenvalue weighted by molar-refractivity contribution is 7.12. The van der Waals surface area contributed by atoms with E-state index in [-0.39, 0.29) is 22.9 Å². The Bertz CT molecular complexity index is 915. The fourth-order valence-electron chi connectivity index (χ4n) is 4.60. The van der Waals surface area contributed by atoms with Crippen LogP contribution in [0, 0.1) is 19.3 Å². The van der Waals surface area contributed by atoms with Crippen molar-refractivity contribution in [3.8, 4) is 0 Å². The fourth-order valence-corrected chi connectivity index (χ4v) is 6.14. The minimum Gasteiger partial charge on any atom is -0.466 e. The van der Waals surface area contributed by atoms with E-state index in [0.717, 1.165) is 25.7 Å². The highest BCUT2D eigenvalue weighted by Crippen LogP contribution is 2.44. The summed E-state index contributed by atoms with van der Waals surface area (Å²) in [4.78, 5) is 14.6. The van der Waals surface area contributed by atoms with Crippen LogP contribution in [0.25, 0.3) is 0 Å². The molecule has 0 saturated heterocycles. The zero-order valence-electron chi connectivity index (χ0n) is 22.0. The molecule has 3 nitrogen and oxygen atoms in total. The van der Waals surface area contributed by atoms with Gasteiger partial charge in [0.25, 0.3) is 0 Å². The molecule has 0 aliphatic carbocycles. The summed E-state index contributed by atoms with van der Waals surface area (Å²) in [7, 11) is 0. The van der Waals surface area contributed by atoms with E-state index in [1.54, 1.807) is 0 Å². The Balaban J connectivity index is 2.29. The van der Waals surface area contributed by atoms with Gasteiger partial charge in [-0.15, -0.1) is 11.3 Å². The summed E-state index contributed by atoms with van der Waals surface area (Å²) in [5.41, 5.74) is 5.05. The molecule has 1 heterocycles. The number of aliphatic hydroxyl groups excluding tert-OH is 1. The van der Waals surface area contributed by atoms with Crippen LogP contribution in [-0.2, 0) is 27.8 Å². The van der Waals surface area contributed by atoms with E-state index in [9.17, 15) is 9.90 Å². The number of esters is 1. The van der Waals surface area contributed by atoms with Crippen molar-refractivity contribution in [3.63, 3.8) is 0 Å². The van der Waals surface area contributed by atoms with Crippen LogP contribution in [0.15, 0.2) is 24.3 Å². The molecule has 184 valence electrons. The number of carbonyl (C=O) groups is 1. The van der Waals surface area contributed by atoms with Gasteiger partial charge in [0.1, 0.15) is 0 Å². The average Bonchev–Trinajstić information content (AvgIpc) is 3.13. The Labute approximate surface area is 205 Å². The molecular formula is C29H44O3S. The SMILES string of the molecule is CCOC(=O)CCc1ccc(C(CC)(CC)c2cc(C)c(CCC(O)C(C)(C)C)s2)cc1C. The summed E-state index contributed by atoms with van der Waals surface area (Å²) in [5.74, 6) is -0.129. The molecule has 2 rings (SSSR count). The molecule has 0 saturated carbocycles. The highest BCUT2D eigenvalue weighted by atomic mass is 32.1. The lowest BCUT2D eigenvalue weighted by atomic mass is 9.73. The topological polar surface area (TPSA) is 46.5 Å². The molecule has 0 aliphatic heterocycles. The van der Waals surface area contributed by atoms with Gasteiger partial charge in [0.2, 0.25) is 0 Å². The summed E-state index contributed by atoms with van der Waals surface area (Å²) in [5, 5.41) is 10.5. The molecule has 0 bridgehead atoms. The Morgan fingerprint density at radius 1 is 1.03 bits per heavy atom. The molecule has 4 heteroatoms. The van der Waals surface area contributed by atoms with Crippen LogP contribution in [0.5, 0.6) is 0 Å². The van der Waals surface area contributed by atoms with Gasteiger partial charge in [-0.3, -0.25) is 4.79 Å². The third-order valence-electron chi connectivity index (χ3n) is 7.14. The molecule has 33 heavy (non-hydrogen) atoms. The molecule has 0 spiro atoms. The molecule has 0 amide bonds. The lowest BCUT2D eigenvalue weighted by molar-refractivity contribution is -0.143. The number of rotatable bonds is 11. The van der Waals surface area contributed by atoms with E-state index in [1.807, 2.05) is 18.3 Å². The van der Waals surface area contributed by atoms with Gasteiger partial charge in [-0.05, 0) is 86.6 Å². The predicted octanol–water partition coefficient (Wildman–Crippen LogP) is 7.31. The molecule has 2 aromatic rings. The Morgan fingerprint density at radius 2 is 1.70 bits per heavy atom. The normalized spacial score (nSPS) is 13.2. The zero-order chi connectivity index (χ0) is 24.8. The highest BCUT2D eigenvalue weighted by Gasteiger charge is 2.33. The minimum atomic E-state index is -0.297. The van der Waals surface area contributed by atoms with E-state index in [2.05, 4.69) is 72.7 Å². The van der Waals surface area contributed by atoms with Crippen molar-refractivity contribution in [2.75, 3.05) is 6.61 Å². The quantitative estimate of drug-likeness (QED) is 0.349. The number of hydrogen-bond donors (Lipinski definition) is 1. The van der Waals surface area contributed by atoms with Gasteiger partial charge in [-0.2, -0.15) is 0 Å². The van der Waals surface area contributed by atoms with Crippen molar-refractivity contribution in [1.82, 2.24) is 0 Å². The summed E-state index contributed by atoms with van der Waals surface area (Å²) >= 11 is 1.92. The fraction of sp³-hybridized carbons (Fsp3) is 0.621. The van der Waals surface area contributed by atoms with E-state index in [4.69, 9.17) is 4.74 Å². The first-order valence-electron chi connectivity index (χ1n) is 12.5. The molecule has 1 aromatic heterocycles. The summed E-state index contributed by atoms with van der Waals surface area (Å²) < 4.78 is 5.09. The van der Waals surface area contributed by atoms with Crippen molar-refractivity contribution in [2.45, 2.75) is 105 Å². The Kier molecular flexibility index (Phi) is 9.75. The van der Waals surface area contributed by atoms with Gasteiger partial charge in [0, 0.05) is 21.6 Å². The summed E-state index contributed by atoms with van der Waals surface area (Å²) in [6.07, 6.45) is 4.64. The van der Waals surface area contributed by atoms with Crippen LogP contribution in [0.2, 0.25) is 0 Å². The third-order valence-corrected chi connectivity index (χ3v) is 8.64. The Morgan fingerprint density at radius 3 is 2.24 bits per heavy atom. The molecule has 1 N–H and O–H groups in total. The lowest BCUT2D eigenvalue weighted by Gasteiger charge is -2.32. The van der Waals surface area contributed by atoms with E-state index < -0.39 is 0 Å². The van der Waals surface area contributed by atoms with Crippen molar-refractivity contribution in [3.05, 3.63) is 56.3 Å². The van der Waals surface area contributed by atoms with Crippen LogP contribution in [-0.4, -0.2) is 23.8 Å². The van der Waals surface area contributed by atoms with Crippen molar-refractivity contribution in [2.24, 2.45) is 5.41 Å². The van der Waals surface area contributed by atoms with Gasteiger partial charge in [0.15, 0.2) is 0 Å². The molecule has 0 radical (unpaired) electrons. The van der Waals surface area contributed by atoms with Gasteiger partial charge in [-0.1, -0.05) is 52.8 Å². The molecule has 1 aromatic carbocycles. The first-order chi connectivity index (χ1) is 15.5. The maximum absolute atomic E-state index is 11.8. The van der Waals surface area contributed by atoms with Crippen molar-refractivity contribution < 1.29 is 14.6 Å². The van der Waals surface area contributed by atoms with Crippen LogP contribution in [0.1, 0.15) is 99.2 Å². The van der Waals surface area contributed by atoms with Crippen molar-refractivity contribution in [1.29, 1.82) is 0 Å².